The van der Waals surface area contributed by atoms with Crippen LogP contribution in [0.1, 0.15) is 19.5 Å². The van der Waals surface area contributed by atoms with Gasteiger partial charge in [0.15, 0.2) is 0 Å². The van der Waals surface area contributed by atoms with E-state index in [0.717, 1.165) is 36.8 Å². The molecule has 0 aliphatic carbocycles. The molecule has 1 rings (SSSR count). The lowest BCUT2D eigenvalue weighted by Crippen LogP contribution is -2.25. The van der Waals surface area contributed by atoms with E-state index < -0.39 is 0 Å². The van der Waals surface area contributed by atoms with Gasteiger partial charge < -0.3 is 10.6 Å². The van der Waals surface area contributed by atoms with Crippen LogP contribution in [0, 0.1) is 0 Å². The first-order valence-electron chi connectivity index (χ1n) is 5.62. The summed E-state index contributed by atoms with van der Waals surface area (Å²) in [7, 11) is 0. The fourth-order valence-electron chi connectivity index (χ4n) is 1.35. The van der Waals surface area contributed by atoms with E-state index in [2.05, 4.69) is 28.7 Å². The molecule has 0 bridgehead atoms. The predicted octanol–water partition coefficient (Wildman–Crippen LogP) is 1.63. The molecule has 1 aromatic rings. The molecule has 4 nitrogen and oxygen atoms in total. The molecule has 1 aromatic heterocycles. The summed E-state index contributed by atoms with van der Waals surface area (Å²) in [5.41, 5.74) is 6.47. The van der Waals surface area contributed by atoms with Crippen LogP contribution in [-0.4, -0.2) is 40.3 Å². The van der Waals surface area contributed by atoms with Gasteiger partial charge in [-0.3, -0.25) is 4.98 Å². The van der Waals surface area contributed by atoms with E-state index in [0.29, 0.717) is 5.82 Å². The maximum absolute atomic E-state index is 5.47. The number of nitrogens with zero attached hydrogens (tertiary/aromatic N) is 3. The van der Waals surface area contributed by atoms with E-state index >= 15 is 0 Å². The molecule has 0 unspecified atom stereocenters. The maximum Gasteiger partial charge on any atom is 0.141 e. The minimum absolute atomic E-state index is 0.483. The van der Waals surface area contributed by atoms with Crippen LogP contribution in [0.5, 0.6) is 0 Å². The molecule has 0 amide bonds. The van der Waals surface area contributed by atoms with Crippen LogP contribution >= 0.6 is 11.8 Å². The molecule has 0 aromatic carbocycles. The first-order valence-corrected chi connectivity index (χ1v) is 6.78. The monoisotopic (exact) mass is 240 g/mol. The van der Waals surface area contributed by atoms with Crippen molar-refractivity contribution in [2.45, 2.75) is 19.6 Å². The average molecular weight is 240 g/mol. The molecule has 0 atom stereocenters. The number of hydrogen-bond acceptors (Lipinski definition) is 5. The Bertz CT molecular complexity index is 285. The molecule has 90 valence electrons. The fraction of sp³-hybridized carbons (Fsp3) is 0.636. The third-order valence-electron chi connectivity index (χ3n) is 2.42. The zero-order chi connectivity index (χ0) is 11.8. The number of nitrogen functional groups attached to an aromatic ring is 1. The number of hydrogen-bond donors (Lipinski definition) is 1. The Labute approximate surface area is 102 Å². The molecule has 16 heavy (non-hydrogen) atoms. The summed E-state index contributed by atoms with van der Waals surface area (Å²) in [6, 6.07) is 0. The molecule has 0 saturated carbocycles. The molecule has 5 heteroatoms. The van der Waals surface area contributed by atoms with Crippen molar-refractivity contribution in [1.82, 2.24) is 14.9 Å². The molecule has 0 fully saturated rings. The van der Waals surface area contributed by atoms with Gasteiger partial charge in [-0.05, 0) is 13.1 Å². The average Bonchev–Trinajstić information content (AvgIpc) is 2.32. The predicted molar refractivity (Wildman–Crippen MR) is 70.4 cm³/mol. The summed E-state index contributed by atoms with van der Waals surface area (Å²) in [6.45, 7) is 7.77. The van der Waals surface area contributed by atoms with Crippen molar-refractivity contribution in [3.63, 3.8) is 0 Å². The number of rotatable bonds is 7. The van der Waals surface area contributed by atoms with Crippen molar-refractivity contribution in [3.05, 3.63) is 18.1 Å². The Morgan fingerprint density at radius 3 is 2.56 bits per heavy atom. The topological polar surface area (TPSA) is 55.0 Å². The largest absolute Gasteiger partial charge is 0.382 e. The first kappa shape index (κ1) is 13.3. The number of thioether (sulfide) groups is 1. The van der Waals surface area contributed by atoms with Crippen molar-refractivity contribution in [2.75, 3.05) is 31.1 Å². The van der Waals surface area contributed by atoms with Gasteiger partial charge >= 0.3 is 0 Å². The van der Waals surface area contributed by atoms with Crippen LogP contribution in [-0.2, 0) is 5.75 Å². The minimum atomic E-state index is 0.483. The molecular formula is C11H20N4S. The Morgan fingerprint density at radius 2 is 2.00 bits per heavy atom. The van der Waals surface area contributed by atoms with Crippen LogP contribution in [0.2, 0.25) is 0 Å². The highest BCUT2D eigenvalue weighted by atomic mass is 32.2. The standard InChI is InChI=1S/C11H20N4S/c1-3-15(4-2)5-6-16-9-10-7-14-11(12)8-13-10/h7-8H,3-6,9H2,1-2H3,(H2,12,14). The molecule has 1 heterocycles. The lowest BCUT2D eigenvalue weighted by atomic mass is 10.5. The molecule has 0 spiro atoms. The maximum atomic E-state index is 5.47. The van der Waals surface area contributed by atoms with Crippen molar-refractivity contribution < 1.29 is 0 Å². The highest BCUT2D eigenvalue weighted by Gasteiger charge is 2.00. The van der Waals surface area contributed by atoms with E-state index in [-0.39, 0.29) is 0 Å². The zero-order valence-corrected chi connectivity index (χ0v) is 10.8. The smallest absolute Gasteiger partial charge is 0.141 e. The van der Waals surface area contributed by atoms with E-state index in [9.17, 15) is 0 Å². The second-order valence-corrected chi connectivity index (χ2v) is 4.62. The van der Waals surface area contributed by atoms with Gasteiger partial charge in [0.05, 0.1) is 18.1 Å². The van der Waals surface area contributed by atoms with Crippen molar-refractivity contribution in [1.29, 1.82) is 0 Å². The normalized spacial score (nSPS) is 10.9. The lowest BCUT2D eigenvalue weighted by Gasteiger charge is -2.17. The van der Waals surface area contributed by atoms with E-state index in [4.69, 9.17) is 5.73 Å². The summed E-state index contributed by atoms with van der Waals surface area (Å²) in [4.78, 5) is 10.6. The van der Waals surface area contributed by atoms with Crippen molar-refractivity contribution in [2.24, 2.45) is 0 Å². The molecule has 0 radical (unpaired) electrons. The second kappa shape index (κ2) is 7.46. The molecule has 2 N–H and O–H groups in total. The summed E-state index contributed by atoms with van der Waals surface area (Å²) in [5.74, 6) is 2.53. The fourth-order valence-corrected chi connectivity index (χ4v) is 2.24. The minimum Gasteiger partial charge on any atom is -0.382 e. The Morgan fingerprint density at radius 1 is 1.25 bits per heavy atom. The van der Waals surface area contributed by atoms with Gasteiger partial charge in [-0.15, -0.1) is 0 Å². The highest BCUT2D eigenvalue weighted by Crippen LogP contribution is 2.09. The van der Waals surface area contributed by atoms with Crippen molar-refractivity contribution in [3.8, 4) is 0 Å². The molecular weight excluding hydrogens is 220 g/mol. The highest BCUT2D eigenvalue weighted by molar-refractivity contribution is 7.98. The van der Waals surface area contributed by atoms with Crippen molar-refractivity contribution >= 4 is 17.6 Å². The van der Waals surface area contributed by atoms with Gasteiger partial charge in [-0.2, -0.15) is 11.8 Å². The van der Waals surface area contributed by atoms with Gasteiger partial charge in [0.25, 0.3) is 0 Å². The number of nitrogens with two attached hydrogens (primary N) is 1. The Kier molecular flexibility index (Phi) is 6.18. The van der Waals surface area contributed by atoms with Crippen LogP contribution in [0.15, 0.2) is 12.4 Å². The summed E-state index contributed by atoms with van der Waals surface area (Å²) in [6.07, 6.45) is 3.36. The number of aromatic nitrogens is 2. The number of anilines is 1. The molecule has 0 aliphatic heterocycles. The first-order chi connectivity index (χ1) is 7.76. The van der Waals surface area contributed by atoms with Gasteiger partial charge in [-0.25, -0.2) is 4.98 Å². The third-order valence-corrected chi connectivity index (χ3v) is 3.39. The van der Waals surface area contributed by atoms with Gasteiger partial charge in [0, 0.05) is 18.1 Å². The van der Waals surface area contributed by atoms with Crippen LogP contribution in [0.3, 0.4) is 0 Å². The van der Waals surface area contributed by atoms with E-state index in [1.54, 1.807) is 12.4 Å². The van der Waals surface area contributed by atoms with Gasteiger partial charge in [0.2, 0.25) is 0 Å². The second-order valence-electron chi connectivity index (χ2n) is 3.51. The zero-order valence-electron chi connectivity index (χ0n) is 10.0. The molecule has 0 aliphatic rings. The third kappa shape index (κ3) is 4.81. The van der Waals surface area contributed by atoms with Crippen LogP contribution < -0.4 is 5.73 Å². The lowest BCUT2D eigenvalue weighted by molar-refractivity contribution is 0.324. The summed E-state index contributed by atoms with van der Waals surface area (Å²) < 4.78 is 0. The summed E-state index contributed by atoms with van der Waals surface area (Å²) >= 11 is 1.89. The quantitative estimate of drug-likeness (QED) is 0.734. The van der Waals surface area contributed by atoms with E-state index in [1.807, 2.05) is 11.8 Å². The Hall–Kier alpha value is -0.810. The van der Waals surface area contributed by atoms with E-state index in [1.165, 1.54) is 0 Å². The van der Waals surface area contributed by atoms with Gasteiger partial charge in [0.1, 0.15) is 5.82 Å². The summed E-state index contributed by atoms with van der Waals surface area (Å²) in [5, 5.41) is 0. The van der Waals surface area contributed by atoms with Gasteiger partial charge in [-0.1, -0.05) is 13.8 Å². The van der Waals surface area contributed by atoms with Crippen LogP contribution in [0.25, 0.3) is 0 Å². The SMILES string of the molecule is CCN(CC)CCSCc1cnc(N)cn1. The molecule has 0 saturated heterocycles. The van der Waals surface area contributed by atoms with Crippen LogP contribution in [0.4, 0.5) is 5.82 Å². The Balaban J connectivity index is 2.18.